The second-order valence-corrected chi connectivity index (χ2v) is 8.69. The van der Waals surface area contributed by atoms with Gasteiger partial charge < -0.3 is 10.2 Å². The summed E-state index contributed by atoms with van der Waals surface area (Å²) >= 11 is 0. The van der Waals surface area contributed by atoms with Crippen molar-refractivity contribution in [3.8, 4) is 0 Å². The molecule has 0 spiro atoms. The van der Waals surface area contributed by atoms with Gasteiger partial charge in [0.1, 0.15) is 0 Å². The molecule has 1 aliphatic heterocycles. The number of halogens is 7. The van der Waals surface area contributed by atoms with E-state index in [4.69, 9.17) is 0 Å². The van der Waals surface area contributed by atoms with Crippen LogP contribution in [0.5, 0.6) is 0 Å². The lowest BCUT2D eigenvalue weighted by Crippen LogP contribution is -2.50. The Morgan fingerprint density at radius 3 is 2.00 bits per heavy atom. The molecule has 1 heterocycles. The fraction of sp³-hybridized carbons (Fsp3) is 0.231. The van der Waals surface area contributed by atoms with Crippen LogP contribution in [0.4, 0.5) is 42.1 Å². The van der Waals surface area contributed by atoms with Gasteiger partial charge in [-0.1, -0.05) is 36.4 Å². The van der Waals surface area contributed by atoms with Crippen LogP contribution in [-0.2, 0) is 12.2 Å². The van der Waals surface area contributed by atoms with Crippen molar-refractivity contribution < 1.29 is 40.3 Å². The van der Waals surface area contributed by atoms with Gasteiger partial charge in [0.2, 0.25) is 0 Å². The third-order valence-electron chi connectivity index (χ3n) is 6.19. The Morgan fingerprint density at radius 1 is 0.838 bits per heavy atom. The lowest BCUT2D eigenvalue weighted by Gasteiger charge is -2.31. The Balaban J connectivity index is 1.62. The molecule has 0 fully saturated rings. The van der Waals surface area contributed by atoms with E-state index in [2.05, 4.69) is 5.32 Å². The number of carbonyl (C=O) groups is 2. The largest absolute Gasteiger partial charge is 0.435 e. The van der Waals surface area contributed by atoms with Crippen molar-refractivity contribution in [2.75, 3.05) is 10.2 Å². The van der Waals surface area contributed by atoms with Crippen LogP contribution in [0.1, 0.15) is 43.0 Å². The second kappa shape index (κ2) is 8.89. The van der Waals surface area contributed by atoms with Crippen LogP contribution < -0.4 is 10.2 Å². The molecular formula is C26H19F7N2O2. The molecule has 2 amide bonds. The number of alkyl halides is 7. The van der Waals surface area contributed by atoms with Gasteiger partial charge in [-0.15, -0.1) is 0 Å². The number of nitrogens with zero attached hydrogens (tertiary/aromatic N) is 1. The minimum Gasteiger partial charge on any atom is -0.322 e. The number of rotatable bonds is 4. The molecule has 3 aromatic rings. The summed E-state index contributed by atoms with van der Waals surface area (Å²) in [7, 11) is 0. The van der Waals surface area contributed by atoms with Crippen LogP contribution in [0.2, 0.25) is 0 Å². The topological polar surface area (TPSA) is 49.4 Å². The predicted octanol–water partition coefficient (Wildman–Crippen LogP) is 7.01. The smallest absolute Gasteiger partial charge is 0.322 e. The molecule has 1 N–H and O–H groups in total. The maximum Gasteiger partial charge on any atom is 0.435 e. The maximum atomic E-state index is 14.5. The third kappa shape index (κ3) is 4.42. The summed E-state index contributed by atoms with van der Waals surface area (Å²) in [6.45, 7) is 2.62. The van der Waals surface area contributed by atoms with Gasteiger partial charge in [-0.05, 0) is 54.8 Å². The summed E-state index contributed by atoms with van der Waals surface area (Å²) in [6, 6.07) is 13.9. The van der Waals surface area contributed by atoms with E-state index in [1.807, 2.05) is 6.07 Å². The van der Waals surface area contributed by atoms with Crippen LogP contribution in [-0.4, -0.2) is 24.2 Å². The third-order valence-corrected chi connectivity index (χ3v) is 6.19. The monoisotopic (exact) mass is 524 g/mol. The maximum absolute atomic E-state index is 14.5. The lowest BCUT2D eigenvalue weighted by molar-refractivity contribution is -0.348. The zero-order valence-electron chi connectivity index (χ0n) is 19.4. The Kier molecular flexibility index (Phi) is 6.29. The molecular weight excluding hydrogens is 505 g/mol. The molecule has 1 aliphatic rings. The number of fused-ring (bicyclic) bond motifs is 1. The first-order chi connectivity index (χ1) is 17.1. The van der Waals surface area contributed by atoms with E-state index in [1.54, 1.807) is 24.3 Å². The van der Waals surface area contributed by atoms with Gasteiger partial charge in [-0.25, -0.2) is 4.39 Å². The molecule has 0 bridgehead atoms. The minimum atomic E-state index is -6.25. The number of hydrogen-bond donors (Lipinski definition) is 1. The minimum absolute atomic E-state index is 0.0597. The van der Waals surface area contributed by atoms with Gasteiger partial charge >= 0.3 is 18.0 Å². The van der Waals surface area contributed by atoms with E-state index in [0.717, 1.165) is 19.4 Å². The first-order valence-electron chi connectivity index (χ1n) is 10.9. The first-order valence-corrected chi connectivity index (χ1v) is 10.9. The van der Waals surface area contributed by atoms with E-state index in [-0.39, 0.29) is 28.3 Å². The van der Waals surface area contributed by atoms with Gasteiger partial charge in [0.05, 0.1) is 6.54 Å². The summed E-state index contributed by atoms with van der Waals surface area (Å²) in [5.41, 5.74) is -5.79. The fourth-order valence-corrected chi connectivity index (χ4v) is 4.31. The van der Waals surface area contributed by atoms with Crippen LogP contribution in [0.15, 0.2) is 60.7 Å². The molecule has 37 heavy (non-hydrogen) atoms. The van der Waals surface area contributed by atoms with Crippen molar-refractivity contribution >= 4 is 23.2 Å². The SMILES string of the molecule is Cc1cc(C(F)(C(F)(F)F)C(F)(F)F)cc(C)c1NC(=O)c1cccc(N2Cc3ccccc3C2=O)c1. The Morgan fingerprint density at radius 2 is 1.43 bits per heavy atom. The molecule has 0 saturated heterocycles. The number of carbonyl (C=O) groups excluding carboxylic acids is 2. The van der Waals surface area contributed by atoms with E-state index in [1.165, 1.54) is 23.1 Å². The average Bonchev–Trinajstić information content (AvgIpc) is 3.16. The van der Waals surface area contributed by atoms with Crippen molar-refractivity contribution in [2.24, 2.45) is 0 Å². The highest BCUT2D eigenvalue weighted by atomic mass is 19.4. The lowest BCUT2D eigenvalue weighted by atomic mass is 9.90. The number of nitrogens with one attached hydrogen (secondary N) is 1. The van der Waals surface area contributed by atoms with Crippen molar-refractivity contribution in [3.63, 3.8) is 0 Å². The van der Waals surface area contributed by atoms with E-state index >= 15 is 0 Å². The molecule has 194 valence electrons. The number of anilines is 2. The summed E-state index contributed by atoms with van der Waals surface area (Å²) in [5, 5.41) is 2.47. The quantitative estimate of drug-likeness (QED) is 0.374. The molecule has 0 aliphatic carbocycles. The number of hydrogen-bond acceptors (Lipinski definition) is 2. The van der Waals surface area contributed by atoms with Gasteiger partial charge in [0, 0.05) is 28.1 Å². The summed E-state index contributed by atoms with van der Waals surface area (Å²) < 4.78 is 93.5. The Labute approximate surface area is 206 Å². The average molecular weight is 524 g/mol. The number of benzene rings is 3. The van der Waals surface area contributed by atoms with Gasteiger partial charge in [0.25, 0.3) is 11.8 Å². The first kappa shape index (κ1) is 26.2. The second-order valence-electron chi connectivity index (χ2n) is 8.69. The van der Waals surface area contributed by atoms with Crippen LogP contribution in [0.25, 0.3) is 0 Å². The molecule has 0 saturated carbocycles. The highest BCUT2D eigenvalue weighted by Crippen LogP contribution is 2.53. The van der Waals surface area contributed by atoms with Gasteiger partial charge in [-0.3, -0.25) is 9.59 Å². The normalized spacial score (nSPS) is 14.1. The molecule has 0 atom stereocenters. The highest BCUT2D eigenvalue weighted by Gasteiger charge is 2.73. The van der Waals surface area contributed by atoms with Crippen molar-refractivity contribution in [1.29, 1.82) is 0 Å². The van der Waals surface area contributed by atoms with E-state index < -0.39 is 29.5 Å². The summed E-state index contributed by atoms with van der Waals surface area (Å²) in [5.74, 6) is -0.970. The van der Waals surface area contributed by atoms with Crippen molar-refractivity contribution in [2.45, 2.75) is 38.4 Å². The van der Waals surface area contributed by atoms with Crippen LogP contribution in [0.3, 0.4) is 0 Å². The number of aryl methyl sites for hydroxylation is 2. The zero-order chi connectivity index (χ0) is 27.3. The fourth-order valence-electron chi connectivity index (χ4n) is 4.31. The molecule has 3 aromatic carbocycles. The Bertz CT molecular complexity index is 1360. The van der Waals surface area contributed by atoms with Gasteiger partial charge in [-0.2, -0.15) is 26.3 Å². The molecule has 0 aromatic heterocycles. The highest BCUT2D eigenvalue weighted by molar-refractivity contribution is 6.11. The molecule has 0 radical (unpaired) electrons. The van der Waals surface area contributed by atoms with E-state index in [9.17, 15) is 40.3 Å². The van der Waals surface area contributed by atoms with E-state index in [0.29, 0.717) is 29.9 Å². The molecule has 4 rings (SSSR count). The molecule has 11 heteroatoms. The van der Waals surface area contributed by atoms with Crippen LogP contribution >= 0.6 is 0 Å². The Hall–Kier alpha value is -3.89. The van der Waals surface area contributed by atoms with Crippen molar-refractivity contribution in [1.82, 2.24) is 0 Å². The van der Waals surface area contributed by atoms with Crippen molar-refractivity contribution in [3.05, 3.63) is 94.0 Å². The zero-order valence-corrected chi connectivity index (χ0v) is 19.4. The standard InChI is InChI=1S/C26H19F7N2O2/c1-14-10-18(24(27,25(28,29)30)26(31,32)33)11-15(2)21(14)34-22(36)16-7-5-8-19(12-16)35-13-17-6-3-4-9-20(17)23(35)37/h3-12H,13H2,1-2H3,(H,34,36). The number of amides is 2. The summed E-state index contributed by atoms with van der Waals surface area (Å²) in [4.78, 5) is 27.2. The van der Waals surface area contributed by atoms with Gasteiger partial charge in [0.15, 0.2) is 0 Å². The molecule has 0 unspecified atom stereocenters. The summed E-state index contributed by atoms with van der Waals surface area (Å²) in [6.07, 6.45) is -12.5. The van der Waals surface area contributed by atoms with Crippen LogP contribution in [0, 0.1) is 13.8 Å². The molecule has 4 nitrogen and oxygen atoms in total. The predicted molar refractivity (Wildman–Crippen MR) is 122 cm³/mol.